The Bertz CT molecular complexity index is 867. The van der Waals surface area contributed by atoms with E-state index in [-0.39, 0.29) is 5.56 Å². The van der Waals surface area contributed by atoms with E-state index in [1.807, 2.05) is 4.72 Å². The number of nitrogens with one attached hydrogen (secondary N) is 1. The number of alkyl halides is 4. The van der Waals surface area contributed by atoms with Crippen molar-refractivity contribution in [2.45, 2.75) is 29.0 Å². The highest BCUT2D eigenvalue weighted by Gasteiger charge is 2.44. The first-order valence-electron chi connectivity index (χ1n) is 6.71. The lowest BCUT2D eigenvalue weighted by molar-refractivity contribution is -0.139. The standard InChI is InChI=1S/C14H12ClF3N2O4S/c1-8-3-4-9(7-10(8)14(16,17)18)25(23,24)20-13(15)5-2-6-19-11(13)12(21)22/h2-7,11,20H,1H3,(H,21,22). The topological polar surface area (TPSA) is 95.8 Å². The van der Waals surface area contributed by atoms with Gasteiger partial charge in [0.1, 0.15) is 0 Å². The van der Waals surface area contributed by atoms with Gasteiger partial charge >= 0.3 is 12.1 Å². The molecule has 0 saturated carbocycles. The summed E-state index contributed by atoms with van der Waals surface area (Å²) in [4.78, 5) is 11.9. The fourth-order valence-corrected chi connectivity index (χ4v) is 3.95. The fourth-order valence-electron chi connectivity index (χ4n) is 2.19. The van der Waals surface area contributed by atoms with Crippen molar-refractivity contribution in [1.29, 1.82) is 0 Å². The molecule has 1 aliphatic heterocycles. The lowest BCUT2D eigenvalue weighted by atomic mass is 10.1. The number of benzene rings is 1. The molecular weight excluding hydrogens is 385 g/mol. The van der Waals surface area contributed by atoms with Crippen molar-refractivity contribution in [3.63, 3.8) is 0 Å². The Morgan fingerprint density at radius 2 is 2.04 bits per heavy atom. The van der Waals surface area contributed by atoms with Crippen LogP contribution in [0, 0.1) is 6.92 Å². The summed E-state index contributed by atoms with van der Waals surface area (Å²) in [6.45, 7) is 1.19. The number of nitrogens with zero attached hydrogens (tertiary/aromatic N) is 1. The van der Waals surface area contributed by atoms with E-state index in [4.69, 9.17) is 16.7 Å². The number of allylic oxidation sites excluding steroid dienone is 1. The summed E-state index contributed by atoms with van der Waals surface area (Å²) in [6, 6.07) is 0.755. The highest BCUT2D eigenvalue weighted by atomic mass is 35.5. The lowest BCUT2D eigenvalue weighted by Crippen LogP contribution is -2.54. The molecule has 1 aromatic rings. The van der Waals surface area contributed by atoms with E-state index < -0.39 is 43.7 Å². The van der Waals surface area contributed by atoms with Crippen LogP contribution in [0.15, 0.2) is 40.2 Å². The summed E-state index contributed by atoms with van der Waals surface area (Å²) >= 11 is 6.04. The van der Waals surface area contributed by atoms with Crippen LogP contribution in [-0.2, 0) is 21.0 Å². The third-order valence-electron chi connectivity index (χ3n) is 3.41. The first kappa shape index (κ1) is 19.4. The second kappa shape index (κ2) is 6.43. The van der Waals surface area contributed by atoms with Crippen molar-refractivity contribution in [1.82, 2.24) is 4.72 Å². The Morgan fingerprint density at radius 1 is 1.40 bits per heavy atom. The second-order valence-corrected chi connectivity index (χ2v) is 7.55. The molecule has 2 N–H and O–H groups in total. The Balaban J connectivity index is 2.45. The van der Waals surface area contributed by atoms with Crippen LogP contribution >= 0.6 is 11.6 Å². The van der Waals surface area contributed by atoms with Crippen molar-refractivity contribution < 1.29 is 31.5 Å². The van der Waals surface area contributed by atoms with Crippen molar-refractivity contribution in [3.8, 4) is 0 Å². The third kappa shape index (κ3) is 4.02. The molecule has 2 rings (SSSR count). The number of aliphatic imine (C=N–C) groups is 1. The molecule has 25 heavy (non-hydrogen) atoms. The maximum absolute atomic E-state index is 13.0. The minimum absolute atomic E-state index is 0.155. The molecule has 0 fully saturated rings. The summed E-state index contributed by atoms with van der Waals surface area (Å²) in [5, 5.41) is 9.11. The van der Waals surface area contributed by atoms with E-state index in [1.54, 1.807) is 0 Å². The maximum atomic E-state index is 13.0. The van der Waals surface area contributed by atoms with Gasteiger partial charge in [-0.15, -0.1) is 0 Å². The van der Waals surface area contributed by atoms with E-state index in [9.17, 15) is 26.4 Å². The quantitative estimate of drug-likeness (QED) is 0.603. The van der Waals surface area contributed by atoms with Crippen LogP contribution < -0.4 is 4.72 Å². The van der Waals surface area contributed by atoms with Gasteiger partial charge in [0.2, 0.25) is 10.0 Å². The van der Waals surface area contributed by atoms with E-state index >= 15 is 0 Å². The van der Waals surface area contributed by atoms with Crippen LogP contribution in [0.4, 0.5) is 13.2 Å². The highest BCUT2D eigenvalue weighted by Crippen LogP contribution is 2.34. The van der Waals surface area contributed by atoms with Gasteiger partial charge in [-0.2, -0.15) is 17.9 Å². The number of aliphatic carboxylic acids is 1. The molecule has 11 heteroatoms. The van der Waals surface area contributed by atoms with Crippen LogP contribution in [0.3, 0.4) is 0 Å². The van der Waals surface area contributed by atoms with E-state index in [2.05, 4.69) is 4.99 Å². The zero-order valence-corrected chi connectivity index (χ0v) is 14.2. The van der Waals surface area contributed by atoms with Gasteiger partial charge in [0, 0.05) is 6.21 Å². The number of carbonyl (C=O) groups is 1. The highest BCUT2D eigenvalue weighted by molar-refractivity contribution is 7.89. The summed E-state index contributed by atoms with van der Waals surface area (Å²) in [6.07, 6.45) is -1.34. The van der Waals surface area contributed by atoms with Crippen LogP contribution in [0.2, 0.25) is 0 Å². The molecule has 0 amide bonds. The maximum Gasteiger partial charge on any atom is 0.416 e. The number of carboxylic acid groups (broad SMARTS) is 1. The average Bonchev–Trinajstić information content (AvgIpc) is 2.45. The predicted octanol–water partition coefficient (Wildman–Crippen LogP) is 2.32. The molecule has 2 unspecified atom stereocenters. The Morgan fingerprint density at radius 3 is 2.60 bits per heavy atom. The average molecular weight is 397 g/mol. The van der Waals surface area contributed by atoms with Crippen molar-refractivity contribution in [3.05, 3.63) is 41.5 Å². The van der Waals surface area contributed by atoms with Gasteiger partial charge in [0.05, 0.1) is 10.5 Å². The molecule has 136 valence electrons. The van der Waals surface area contributed by atoms with Gasteiger partial charge in [-0.3, -0.25) is 4.99 Å². The molecular formula is C14H12ClF3N2O4S. The van der Waals surface area contributed by atoms with Crippen molar-refractivity contribution in [2.75, 3.05) is 0 Å². The summed E-state index contributed by atoms with van der Waals surface area (Å²) < 4.78 is 65.7. The number of rotatable bonds is 4. The largest absolute Gasteiger partial charge is 0.480 e. The van der Waals surface area contributed by atoms with Crippen molar-refractivity contribution >= 4 is 33.8 Å². The van der Waals surface area contributed by atoms with Gasteiger partial charge in [-0.05, 0) is 36.8 Å². The van der Waals surface area contributed by atoms with Gasteiger partial charge in [0.15, 0.2) is 11.0 Å². The molecule has 2 atom stereocenters. The zero-order valence-electron chi connectivity index (χ0n) is 12.6. The summed E-state index contributed by atoms with van der Waals surface area (Å²) in [5.41, 5.74) is -1.27. The van der Waals surface area contributed by atoms with Crippen LogP contribution in [0.1, 0.15) is 11.1 Å². The molecule has 0 aromatic heterocycles. The van der Waals surface area contributed by atoms with Crippen LogP contribution in [0.25, 0.3) is 0 Å². The van der Waals surface area contributed by atoms with Gasteiger partial charge in [-0.25, -0.2) is 13.2 Å². The molecule has 6 nitrogen and oxygen atoms in total. The SMILES string of the molecule is Cc1ccc(S(=O)(=O)NC2(Cl)C=CC=NC2C(=O)O)cc1C(F)(F)F. The number of dihydropyridines is 1. The molecule has 0 bridgehead atoms. The number of sulfonamides is 1. The fraction of sp³-hybridized carbons (Fsp3) is 0.286. The molecule has 1 aromatic carbocycles. The molecule has 1 heterocycles. The minimum Gasteiger partial charge on any atom is -0.480 e. The minimum atomic E-state index is -4.74. The molecule has 0 aliphatic carbocycles. The zero-order chi connectivity index (χ0) is 19.0. The molecule has 0 spiro atoms. The van der Waals surface area contributed by atoms with Crippen LogP contribution in [0.5, 0.6) is 0 Å². The number of halogens is 4. The van der Waals surface area contributed by atoms with Gasteiger partial charge in [-0.1, -0.05) is 17.7 Å². The predicted molar refractivity (Wildman–Crippen MR) is 84.1 cm³/mol. The molecule has 0 radical (unpaired) electrons. The number of aryl methyl sites for hydroxylation is 1. The first-order valence-corrected chi connectivity index (χ1v) is 8.57. The Labute approximate surface area is 146 Å². The van der Waals surface area contributed by atoms with Crippen LogP contribution in [-0.4, -0.2) is 36.7 Å². The lowest BCUT2D eigenvalue weighted by Gasteiger charge is -2.29. The molecule has 0 saturated heterocycles. The first-order chi connectivity index (χ1) is 11.4. The van der Waals surface area contributed by atoms with E-state index in [0.29, 0.717) is 6.07 Å². The monoisotopic (exact) mass is 396 g/mol. The normalized spacial score (nSPS) is 23.6. The van der Waals surface area contributed by atoms with Gasteiger partial charge < -0.3 is 5.11 Å². The third-order valence-corrected chi connectivity index (χ3v) is 5.43. The smallest absolute Gasteiger partial charge is 0.416 e. The second-order valence-electron chi connectivity index (χ2n) is 5.25. The van der Waals surface area contributed by atoms with Crippen molar-refractivity contribution in [2.24, 2.45) is 4.99 Å². The summed E-state index contributed by atoms with van der Waals surface area (Å²) in [5.74, 6) is -1.50. The number of hydrogen-bond donors (Lipinski definition) is 2. The summed E-state index contributed by atoms with van der Waals surface area (Å²) in [7, 11) is -4.55. The van der Waals surface area contributed by atoms with E-state index in [1.165, 1.54) is 13.0 Å². The van der Waals surface area contributed by atoms with Gasteiger partial charge in [0.25, 0.3) is 0 Å². The number of carboxylic acids is 1. The Kier molecular flexibility index (Phi) is 4.99. The molecule has 1 aliphatic rings. The number of hydrogen-bond acceptors (Lipinski definition) is 4. The Hall–Kier alpha value is -1.91. The van der Waals surface area contributed by atoms with E-state index in [0.717, 1.165) is 24.4 Å².